The summed E-state index contributed by atoms with van der Waals surface area (Å²) < 4.78 is 1.19. The molecule has 1 atom stereocenters. The van der Waals surface area contributed by atoms with Crippen molar-refractivity contribution in [3.8, 4) is 0 Å². The average Bonchev–Trinajstić information content (AvgIpc) is 2.47. The van der Waals surface area contributed by atoms with Gasteiger partial charge in [-0.05, 0) is 44.5 Å². The predicted octanol–water partition coefficient (Wildman–Crippen LogP) is 4.99. The summed E-state index contributed by atoms with van der Waals surface area (Å²) in [5.41, 5.74) is 2.63. The monoisotopic (exact) mass is 340 g/mol. The molecule has 1 unspecified atom stereocenters. The molecule has 0 aliphatic rings. The Balaban J connectivity index is 2.91. The van der Waals surface area contributed by atoms with Crippen LogP contribution in [0.15, 0.2) is 22.7 Å². The molecule has 0 radical (unpaired) electrons. The lowest BCUT2D eigenvalue weighted by molar-refractivity contribution is 0.486. The fourth-order valence-electron chi connectivity index (χ4n) is 2.50. The third-order valence-electron chi connectivity index (χ3n) is 4.26. The highest BCUT2D eigenvalue weighted by atomic mass is 79.9. The first-order valence-electron chi connectivity index (χ1n) is 7.78. The summed E-state index contributed by atoms with van der Waals surface area (Å²) in [7, 11) is 2.00. The summed E-state index contributed by atoms with van der Waals surface area (Å²) in [6.07, 6.45) is 2.51. The van der Waals surface area contributed by atoms with E-state index in [1.807, 2.05) is 7.05 Å². The number of benzene rings is 1. The molecule has 114 valence electrons. The molecular formula is C17H29BrN2. The number of anilines is 1. The van der Waals surface area contributed by atoms with Crippen LogP contribution in [0.25, 0.3) is 0 Å². The van der Waals surface area contributed by atoms with E-state index in [0.717, 1.165) is 19.0 Å². The molecule has 20 heavy (non-hydrogen) atoms. The molecule has 0 saturated heterocycles. The van der Waals surface area contributed by atoms with Gasteiger partial charge in [0.2, 0.25) is 0 Å². The minimum Gasteiger partial charge on any atom is -0.372 e. The summed E-state index contributed by atoms with van der Waals surface area (Å²) in [6.45, 7) is 11.2. The predicted molar refractivity (Wildman–Crippen MR) is 93.6 cm³/mol. The van der Waals surface area contributed by atoms with E-state index in [1.54, 1.807) is 0 Å². The molecule has 0 aliphatic carbocycles. The summed E-state index contributed by atoms with van der Waals surface area (Å²) >= 11 is 3.72. The zero-order chi connectivity index (χ0) is 15.1. The van der Waals surface area contributed by atoms with Crippen LogP contribution in [0.5, 0.6) is 0 Å². The molecule has 0 amide bonds. The molecule has 2 nitrogen and oxygen atoms in total. The van der Waals surface area contributed by atoms with Crippen LogP contribution in [0.4, 0.5) is 5.69 Å². The molecule has 0 saturated carbocycles. The number of hydrogen-bond acceptors (Lipinski definition) is 2. The van der Waals surface area contributed by atoms with Gasteiger partial charge in [0, 0.05) is 29.3 Å². The maximum absolute atomic E-state index is 3.72. The molecule has 1 N–H and O–H groups in total. The SMILES string of the molecule is CCC(CC)CN(CC)c1ccc(C(C)NC)c(Br)c1. The smallest absolute Gasteiger partial charge is 0.0377 e. The van der Waals surface area contributed by atoms with Crippen molar-refractivity contribution in [3.05, 3.63) is 28.2 Å². The molecule has 1 aromatic carbocycles. The Hall–Kier alpha value is -0.540. The largest absolute Gasteiger partial charge is 0.372 e. The van der Waals surface area contributed by atoms with Gasteiger partial charge >= 0.3 is 0 Å². The first-order chi connectivity index (χ1) is 9.57. The van der Waals surface area contributed by atoms with E-state index in [2.05, 4.69) is 72.0 Å². The summed E-state index contributed by atoms with van der Waals surface area (Å²) in [5, 5.41) is 3.29. The van der Waals surface area contributed by atoms with Gasteiger partial charge in [0.25, 0.3) is 0 Å². The first kappa shape index (κ1) is 17.5. The van der Waals surface area contributed by atoms with E-state index in [4.69, 9.17) is 0 Å². The maximum Gasteiger partial charge on any atom is 0.0377 e. The van der Waals surface area contributed by atoms with Crippen LogP contribution in [0.2, 0.25) is 0 Å². The standard InChI is InChI=1S/C17H29BrN2/c1-6-14(7-2)12-20(8-3)15-9-10-16(13(4)19-5)17(18)11-15/h9-11,13-14,19H,6-8,12H2,1-5H3. The third kappa shape index (κ3) is 4.49. The molecule has 0 spiro atoms. The fraction of sp³-hybridized carbons (Fsp3) is 0.647. The molecular weight excluding hydrogens is 312 g/mol. The summed E-state index contributed by atoms with van der Waals surface area (Å²) in [6, 6.07) is 7.11. The molecule has 0 bridgehead atoms. The fourth-order valence-corrected chi connectivity index (χ4v) is 3.21. The number of nitrogens with zero attached hydrogens (tertiary/aromatic N) is 1. The van der Waals surface area contributed by atoms with Crippen LogP contribution in [-0.4, -0.2) is 20.1 Å². The Kier molecular flexibility index (Phi) is 7.60. The molecule has 1 rings (SSSR count). The van der Waals surface area contributed by atoms with Crippen LogP contribution < -0.4 is 10.2 Å². The second-order valence-corrected chi connectivity index (χ2v) is 6.29. The van der Waals surface area contributed by atoms with E-state index in [0.29, 0.717) is 6.04 Å². The Bertz CT molecular complexity index is 402. The van der Waals surface area contributed by atoms with Gasteiger partial charge in [-0.15, -0.1) is 0 Å². The van der Waals surface area contributed by atoms with Crippen molar-refractivity contribution in [2.45, 2.75) is 46.6 Å². The number of halogens is 1. The van der Waals surface area contributed by atoms with Gasteiger partial charge in [-0.2, -0.15) is 0 Å². The van der Waals surface area contributed by atoms with Crippen LogP contribution in [0.1, 0.15) is 52.1 Å². The van der Waals surface area contributed by atoms with Gasteiger partial charge in [-0.25, -0.2) is 0 Å². The highest BCUT2D eigenvalue weighted by molar-refractivity contribution is 9.10. The Morgan fingerprint density at radius 1 is 1.20 bits per heavy atom. The summed E-state index contributed by atoms with van der Waals surface area (Å²) in [4.78, 5) is 2.48. The van der Waals surface area contributed by atoms with E-state index < -0.39 is 0 Å². The Morgan fingerprint density at radius 2 is 1.85 bits per heavy atom. The molecule has 3 heteroatoms. The summed E-state index contributed by atoms with van der Waals surface area (Å²) in [5.74, 6) is 0.782. The van der Waals surface area contributed by atoms with Crippen molar-refractivity contribution in [1.82, 2.24) is 5.32 Å². The highest BCUT2D eigenvalue weighted by Gasteiger charge is 2.13. The molecule has 0 aliphatic heterocycles. The van der Waals surface area contributed by atoms with Crippen LogP contribution >= 0.6 is 15.9 Å². The molecule has 0 heterocycles. The van der Waals surface area contributed by atoms with Crippen LogP contribution in [0.3, 0.4) is 0 Å². The van der Waals surface area contributed by atoms with Gasteiger partial charge in [0.15, 0.2) is 0 Å². The number of rotatable bonds is 8. The topological polar surface area (TPSA) is 15.3 Å². The maximum atomic E-state index is 3.72. The lowest BCUT2D eigenvalue weighted by Crippen LogP contribution is -2.29. The lowest BCUT2D eigenvalue weighted by atomic mass is 10.0. The lowest BCUT2D eigenvalue weighted by Gasteiger charge is -2.28. The average molecular weight is 341 g/mol. The van der Waals surface area contributed by atoms with Gasteiger partial charge < -0.3 is 10.2 Å². The van der Waals surface area contributed by atoms with Crippen molar-refractivity contribution in [2.24, 2.45) is 5.92 Å². The third-order valence-corrected chi connectivity index (χ3v) is 4.95. The van der Waals surface area contributed by atoms with Crippen LogP contribution in [-0.2, 0) is 0 Å². The number of hydrogen-bond donors (Lipinski definition) is 1. The normalized spacial score (nSPS) is 12.8. The van der Waals surface area contributed by atoms with E-state index in [1.165, 1.54) is 28.6 Å². The highest BCUT2D eigenvalue weighted by Crippen LogP contribution is 2.29. The number of nitrogens with one attached hydrogen (secondary N) is 1. The van der Waals surface area contributed by atoms with E-state index in [9.17, 15) is 0 Å². The minimum absolute atomic E-state index is 0.368. The first-order valence-corrected chi connectivity index (χ1v) is 8.58. The van der Waals surface area contributed by atoms with Gasteiger partial charge in [0.1, 0.15) is 0 Å². The Labute approximate surface area is 133 Å². The van der Waals surface area contributed by atoms with Crippen molar-refractivity contribution in [1.29, 1.82) is 0 Å². The van der Waals surface area contributed by atoms with Gasteiger partial charge in [-0.1, -0.05) is 48.7 Å². The quantitative estimate of drug-likeness (QED) is 0.716. The zero-order valence-electron chi connectivity index (χ0n) is 13.5. The van der Waals surface area contributed by atoms with E-state index in [-0.39, 0.29) is 0 Å². The Morgan fingerprint density at radius 3 is 2.30 bits per heavy atom. The van der Waals surface area contributed by atoms with Crippen molar-refractivity contribution in [2.75, 3.05) is 25.0 Å². The van der Waals surface area contributed by atoms with Crippen molar-refractivity contribution in [3.63, 3.8) is 0 Å². The minimum atomic E-state index is 0.368. The van der Waals surface area contributed by atoms with Crippen molar-refractivity contribution >= 4 is 21.6 Å². The second kappa shape index (κ2) is 8.68. The van der Waals surface area contributed by atoms with Crippen molar-refractivity contribution < 1.29 is 0 Å². The van der Waals surface area contributed by atoms with Gasteiger partial charge in [-0.3, -0.25) is 0 Å². The van der Waals surface area contributed by atoms with E-state index >= 15 is 0 Å². The second-order valence-electron chi connectivity index (χ2n) is 5.44. The molecule has 1 aromatic rings. The zero-order valence-corrected chi connectivity index (χ0v) is 15.1. The molecule has 0 fully saturated rings. The van der Waals surface area contributed by atoms with Gasteiger partial charge in [0.05, 0.1) is 0 Å². The van der Waals surface area contributed by atoms with Crippen LogP contribution in [0, 0.1) is 5.92 Å². The molecule has 0 aromatic heterocycles.